The van der Waals surface area contributed by atoms with Gasteiger partial charge in [-0.05, 0) is 6.42 Å². The Labute approximate surface area is 129 Å². The maximum atomic E-state index is 11.4. The lowest BCUT2D eigenvalue weighted by molar-refractivity contribution is -0.145. The molecule has 0 aliphatic heterocycles. The van der Waals surface area contributed by atoms with E-state index in [2.05, 4.69) is 13.5 Å². The Morgan fingerprint density at radius 2 is 1.52 bits per heavy atom. The van der Waals surface area contributed by atoms with Crippen LogP contribution in [0.4, 0.5) is 0 Å². The maximum Gasteiger partial charge on any atom is 0.305 e. The Kier molecular flexibility index (Phi) is 16.5. The molecule has 0 saturated carbocycles. The summed E-state index contributed by atoms with van der Waals surface area (Å²) in [6, 6.07) is 0. The standard InChI is InChI=1S/C17H32O4/c1-3-5-6-7-8-9-10-11-17(18)21-16-15-20-14-13-19-12-4-2/h4H,2-3,5-16H2,1H3. The Morgan fingerprint density at radius 3 is 2.24 bits per heavy atom. The van der Waals surface area contributed by atoms with Gasteiger partial charge < -0.3 is 14.2 Å². The van der Waals surface area contributed by atoms with E-state index in [9.17, 15) is 4.79 Å². The third-order valence-corrected chi connectivity index (χ3v) is 3.08. The van der Waals surface area contributed by atoms with Gasteiger partial charge in [0.15, 0.2) is 0 Å². The van der Waals surface area contributed by atoms with Crippen molar-refractivity contribution < 1.29 is 19.0 Å². The summed E-state index contributed by atoms with van der Waals surface area (Å²) in [6.07, 6.45) is 10.7. The van der Waals surface area contributed by atoms with Crippen LogP contribution in [0.3, 0.4) is 0 Å². The Morgan fingerprint density at radius 1 is 0.905 bits per heavy atom. The predicted octanol–water partition coefficient (Wildman–Crippen LogP) is 3.89. The predicted molar refractivity (Wildman–Crippen MR) is 85.4 cm³/mol. The SMILES string of the molecule is C=CCOCCOCCOC(=O)CCCCCCCCC. The highest BCUT2D eigenvalue weighted by Gasteiger charge is 2.02. The fraction of sp³-hybridized carbons (Fsp3) is 0.824. The third kappa shape index (κ3) is 17.1. The Hall–Kier alpha value is -0.870. The van der Waals surface area contributed by atoms with E-state index in [4.69, 9.17) is 14.2 Å². The molecule has 0 spiro atoms. The molecule has 0 aromatic heterocycles. The third-order valence-electron chi connectivity index (χ3n) is 3.08. The van der Waals surface area contributed by atoms with E-state index >= 15 is 0 Å². The molecule has 0 aliphatic carbocycles. The average Bonchev–Trinajstić information content (AvgIpc) is 2.49. The van der Waals surface area contributed by atoms with Gasteiger partial charge in [-0.1, -0.05) is 51.5 Å². The van der Waals surface area contributed by atoms with Crippen LogP contribution in [0.5, 0.6) is 0 Å². The highest BCUT2D eigenvalue weighted by Crippen LogP contribution is 2.08. The Balaban J connectivity index is 3.14. The van der Waals surface area contributed by atoms with Crippen molar-refractivity contribution in [3.63, 3.8) is 0 Å². The second-order valence-corrected chi connectivity index (χ2v) is 5.07. The van der Waals surface area contributed by atoms with Gasteiger partial charge in [0.05, 0.1) is 26.4 Å². The molecular formula is C17H32O4. The number of carbonyl (C=O) groups excluding carboxylic acids is 1. The van der Waals surface area contributed by atoms with Crippen molar-refractivity contribution in [2.75, 3.05) is 33.0 Å². The van der Waals surface area contributed by atoms with Crippen LogP contribution in [0.15, 0.2) is 12.7 Å². The van der Waals surface area contributed by atoms with Crippen molar-refractivity contribution in [1.82, 2.24) is 0 Å². The first-order valence-corrected chi connectivity index (χ1v) is 8.23. The Bertz CT molecular complexity index is 241. The van der Waals surface area contributed by atoms with Gasteiger partial charge in [0, 0.05) is 6.42 Å². The summed E-state index contributed by atoms with van der Waals surface area (Å²) < 4.78 is 15.5. The summed E-state index contributed by atoms with van der Waals surface area (Å²) in [5.74, 6) is -0.116. The number of unbranched alkanes of at least 4 members (excludes halogenated alkanes) is 6. The zero-order valence-corrected chi connectivity index (χ0v) is 13.6. The molecule has 0 atom stereocenters. The van der Waals surface area contributed by atoms with Crippen molar-refractivity contribution in [2.24, 2.45) is 0 Å². The molecule has 124 valence electrons. The first-order chi connectivity index (χ1) is 10.3. The molecule has 0 bridgehead atoms. The van der Waals surface area contributed by atoms with Crippen molar-refractivity contribution >= 4 is 5.97 Å². The van der Waals surface area contributed by atoms with Gasteiger partial charge in [-0.15, -0.1) is 6.58 Å². The van der Waals surface area contributed by atoms with E-state index in [-0.39, 0.29) is 5.97 Å². The van der Waals surface area contributed by atoms with Crippen LogP contribution in [0.2, 0.25) is 0 Å². The zero-order valence-electron chi connectivity index (χ0n) is 13.6. The van der Waals surface area contributed by atoms with Crippen LogP contribution in [0.1, 0.15) is 58.3 Å². The normalized spacial score (nSPS) is 10.5. The van der Waals surface area contributed by atoms with Crippen molar-refractivity contribution in [3.8, 4) is 0 Å². The summed E-state index contributed by atoms with van der Waals surface area (Å²) >= 11 is 0. The molecule has 4 heteroatoms. The second kappa shape index (κ2) is 17.2. The van der Waals surface area contributed by atoms with E-state index < -0.39 is 0 Å². The van der Waals surface area contributed by atoms with Crippen LogP contribution in [0.25, 0.3) is 0 Å². The van der Waals surface area contributed by atoms with Crippen molar-refractivity contribution in [3.05, 3.63) is 12.7 Å². The molecular weight excluding hydrogens is 268 g/mol. The van der Waals surface area contributed by atoms with Crippen molar-refractivity contribution in [1.29, 1.82) is 0 Å². The minimum Gasteiger partial charge on any atom is -0.463 e. The summed E-state index contributed by atoms with van der Waals surface area (Å²) in [5.41, 5.74) is 0. The second-order valence-electron chi connectivity index (χ2n) is 5.07. The van der Waals surface area contributed by atoms with Crippen LogP contribution >= 0.6 is 0 Å². The van der Waals surface area contributed by atoms with Crippen LogP contribution in [-0.2, 0) is 19.0 Å². The molecule has 21 heavy (non-hydrogen) atoms. The smallest absolute Gasteiger partial charge is 0.305 e. The number of ether oxygens (including phenoxy) is 3. The summed E-state index contributed by atoms with van der Waals surface area (Å²) in [5, 5.41) is 0. The van der Waals surface area contributed by atoms with E-state index in [1.165, 1.54) is 32.1 Å². The molecule has 0 heterocycles. The van der Waals surface area contributed by atoms with Gasteiger partial charge in [0.2, 0.25) is 0 Å². The number of hydrogen-bond acceptors (Lipinski definition) is 4. The quantitative estimate of drug-likeness (QED) is 0.246. The van der Waals surface area contributed by atoms with E-state index in [1.54, 1.807) is 6.08 Å². The number of carbonyl (C=O) groups is 1. The minimum absolute atomic E-state index is 0.116. The molecule has 0 radical (unpaired) electrons. The fourth-order valence-corrected chi connectivity index (χ4v) is 1.90. The van der Waals surface area contributed by atoms with Crippen LogP contribution in [-0.4, -0.2) is 39.0 Å². The number of hydrogen-bond donors (Lipinski definition) is 0. The molecule has 0 fully saturated rings. The van der Waals surface area contributed by atoms with Gasteiger partial charge >= 0.3 is 5.97 Å². The molecule has 0 amide bonds. The molecule has 0 saturated heterocycles. The lowest BCUT2D eigenvalue weighted by atomic mass is 10.1. The van der Waals surface area contributed by atoms with Gasteiger partial charge in [-0.2, -0.15) is 0 Å². The van der Waals surface area contributed by atoms with E-state index in [0.717, 1.165) is 12.8 Å². The van der Waals surface area contributed by atoms with Crippen LogP contribution in [0, 0.1) is 0 Å². The average molecular weight is 300 g/mol. The van der Waals surface area contributed by atoms with Crippen LogP contribution < -0.4 is 0 Å². The molecule has 0 aromatic rings. The summed E-state index contributed by atoms with van der Waals surface area (Å²) in [7, 11) is 0. The monoisotopic (exact) mass is 300 g/mol. The molecule has 0 aliphatic rings. The summed E-state index contributed by atoms with van der Waals surface area (Å²) in [6.45, 7) is 8.13. The van der Waals surface area contributed by atoms with E-state index in [0.29, 0.717) is 39.5 Å². The van der Waals surface area contributed by atoms with Gasteiger partial charge in [0.25, 0.3) is 0 Å². The molecule has 4 nitrogen and oxygen atoms in total. The van der Waals surface area contributed by atoms with E-state index in [1.807, 2.05) is 0 Å². The molecule has 0 unspecified atom stereocenters. The summed E-state index contributed by atoms with van der Waals surface area (Å²) in [4.78, 5) is 11.4. The molecule has 0 N–H and O–H groups in total. The number of esters is 1. The number of rotatable bonds is 16. The van der Waals surface area contributed by atoms with Gasteiger partial charge in [-0.25, -0.2) is 0 Å². The largest absolute Gasteiger partial charge is 0.463 e. The first-order valence-electron chi connectivity index (χ1n) is 8.23. The highest BCUT2D eigenvalue weighted by atomic mass is 16.6. The lowest BCUT2D eigenvalue weighted by Gasteiger charge is -2.06. The first kappa shape index (κ1) is 20.1. The van der Waals surface area contributed by atoms with Crippen molar-refractivity contribution in [2.45, 2.75) is 58.3 Å². The highest BCUT2D eigenvalue weighted by molar-refractivity contribution is 5.69. The van der Waals surface area contributed by atoms with Gasteiger partial charge in [0.1, 0.15) is 6.61 Å². The maximum absolute atomic E-state index is 11.4. The topological polar surface area (TPSA) is 44.8 Å². The molecule has 0 rings (SSSR count). The minimum atomic E-state index is -0.116. The van der Waals surface area contributed by atoms with Gasteiger partial charge in [-0.3, -0.25) is 4.79 Å². The fourth-order valence-electron chi connectivity index (χ4n) is 1.90. The lowest BCUT2D eigenvalue weighted by Crippen LogP contribution is -2.12. The molecule has 0 aromatic carbocycles. The zero-order chi connectivity index (χ0) is 15.6.